The zero-order valence-corrected chi connectivity index (χ0v) is 9.12. The van der Waals surface area contributed by atoms with Crippen LogP contribution in [0.15, 0.2) is 24.3 Å². The number of nitrogens with one attached hydrogen (secondary N) is 2. The van der Waals surface area contributed by atoms with E-state index in [1.807, 2.05) is 0 Å². The van der Waals surface area contributed by atoms with E-state index in [0.717, 1.165) is 6.29 Å². The molecular weight excluding hydrogens is 204 g/mol. The summed E-state index contributed by atoms with van der Waals surface area (Å²) < 4.78 is 5.37. The van der Waals surface area contributed by atoms with Gasteiger partial charge >= 0.3 is 0 Å². The van der Waals surface area contributed by atoms with Crippen molar-refractivity contribution in [2.24, 2.45) is 0 Å². The van der Waals surface area contributed by atoms with Gasteiger partial charge < -0.3 is 15.6 Å². The maximum absolute atomic E-state index is 10.4. The van der Waals surface area contributed by atoms with Crippen LogP contribution in [0.1, 0.15) is 23.7 Å². The molecular formula is C12H14N2O2. The Labute approximate surface area is 94.3 Å². The molecule has 0 unspecified atom stereocenters. The molecule has 0 aromatic heterocycles. The zero-order chi connectivity index (χ0) is 12.0. The largest absolute Gasteiger partial charge is 0.493 e. The Bertz CT molecular complexity index is 396. The van der Waals surface area contributed by atoms with Gasteiger partial charge in [0, 0.05) is 17.7 Å². The van der Waals surface area contributed by atoms with Crippen LogP contribution in [0.2, 0.25) is 0 Å². The topological polar surface area (TPSA) is 74.0 Å². The van der Waals surface area contributed by atoms with Crippen LogP contribution in [-0.2, 0) is 0 Å². The predicted molar refractivity (Wildman–Crippen MR) is 63.1 cm³/mol. The smallest absolute Gasteiger partial charge is 0.150 e. The van der Waals surface area contributed by atoms with Crippen molar-refractivity contribution in [1.82, 2.24) is 0 Å². The summed E-state index contributed by atoms with van der Waals surface area (Å²) in [5.41, 5.74) is 1.15. The molecule has 0 saturated carbocycles. The first-order chi connectivity index (χ1) is 7.63. The molecule has 0 heterocycles. The maximum atomic E-state index is 10.4. The van der Waals surface area contributed by atoms with Crippen molar-refractivity contribution in [2.45, 2.75) is 13.3 Å². The van der Waals surface area contributed by atoms with E-state index >= 15 is 0 Å². The highest BCUT2D eigenvalue weighted by atomic mass is 16.5. The van der Waals surface area contributed by atoms with Crippen LogP contribution >= 0.6 is 0 Å². The van der Waals surface area contributed by atoms with Gasteiger partial charge in [-0.1, -0.05) is 0 Å². The highest BCUT2D eigenvalue weighted by Crippen LogP contribution is 2.11. The molecule has 0 bridgehead atoms. The van der Waals surface area contributed by atoms with Gasteiger partial charge in [-0.05, 0) is 31.2 Å². The molecule has 0 saturated heterocycles. The van der Waals surface area contributed by atoms with Crippen molar-refractivity contribution >= 4 is 17.7 Å². The van der Waals surface area contributed by atoms with Gasteiger partial charge in [0.15, 0.2) is 0 Å². The number of carbonyl (C=O) groups is 1. The summed E-state index contributed by atoms with van der Waals surface area (Å²) in [6, 6.07) is 6.78. The normalized spacial score (nSPS) is 9.56. The molecule has 1 aromatic rings. The summed E-state index contributed by atoms with van der Waals surface area (Å²) in [5.74, 6) is 0.668. The SMILES string of the molecule is CC(=N)C(=N)CCOc1ccc(C=O)cc1. The van der Waals surface area contributed by atoms with E-state index in [0.29, 0.717) is 24.3 Å². The van der Waals surface area contributed by atoms with Crippen molar-refractivity contribution in [1.29, 1.82) is 10.8 Å². The first kappa shape index (κ1) is 12.1. The monoisotopic (exact) mass is 218 g/mol. The lowest BCUT2D eigenvalue weighted by Gasteiger charge is -2.06. The highest BCUT2D eigenvalue weighted by Gasteiger charge is 2.00. The van der Waals surface area contributed by atoms with E-state index in [2.05, 4.69) is 0 Å². The quantitative estimate of drug-likeness (QED) is 0.568. The van der Waals surface area contributed by atoms with E-state index in [-0.39, 0.29) is 11.4 Å². The second-order valence-corrected chi connectivity index (χ2v) is 3.39. The summed E-state index contributed by atoms with van der Waals surface area (Å²) in [5, 5.41) is 14.6. The van der Waals surface area contributed by atoms with E-state index in [9.17, 15) is 4.79 Å². The molecule has 0 aliphatic rings. The second-order valence-electron chi connectivity index (χ2n) is 3.39. The number of hydrogen-bond donors (Lipinski definition) is 2. The van der Waals surface area contributed by atoms with Crippen molar-refractivity contribution in [3.8, 4) is 5.75 Å². The van der Waals surface area contributed by atoms with Crippen LogP contribution in [0, 0.1) is 10.8 Å². The zero-order valence-electron chi connectivity index (χ0n) is 9.12. The Morgan fingerprint density at radius 1 is 1.31 bits per heavy atom. The lowest BCUT2D eigenvalue weighted by atomic mass is 10.2. The lowest BCUT2D eigenvalue weighted by molar-refractivity contribution is 0.112. The average molecular weight is 218 g/mol. The molecule has 16 heavy (non-hydrogen) atoms. The fourth-order valence-corrected chi connectivity index (χ4v) is 1.10. The maximum Gasteiger partial charge on any atom is 0.150 e. The standard InChI is InChI=1S/C12H14N2O2/c1-9(13)12(14)6-7-16-11-4-2-10(8-15)3-5-11/h2-5,8,13-14H,6-7H2,1H3. The Balaban J connectivity index is 2.40. The molecule has 0 fully saturated rings. The lowest BCUT2D eigenvalue weighted by Crippen LogP contribution is -2.12. The van der Waals surface area contributed by atoms with Gasteiger partial charge in [0.1, 0.15) is 12.0 Å². The van der Waals surface area contributed by atoms with Gasteiger partial charge in [-0.15, -0.1) is 0 Å². The fourth-order valence-electron chi connectivity index (χ4n) is 1.10. The molecule has 1 rings (SSSR count). The van der Waals surface area contributed by atoms with E-state index in [4.69, 9.17) is 15.6 Å². The van der Waals surface area contributed by atoms with Gasteiger partial charge in [0.25, 0.3) is 0 Å². The highest BCUT2D eigenvalue weighted by molar-refractivity contribution is 6.38. The average Bonchev–Trinajstić information content (AvgIpc) is 2.29. The minimum atomic E-state index is 0.264. The number of aldehydes is 1. The summed E-state index contributed by atoms with van der Waals surface area (Å²) in [6.07, 6.45) is 1.20. The van der Waals surface area contributed by atoms with Crippen molar-refractivity contribution in [3.05, 3.63) is 29.8 Å². The van der Waals surface area contributed by atoms with Crippen LogP contribution in [0.4, 0.5) is 0 Å². The van der Waals surface area contributed by atoms with Gasteiger partial charge in [0.2, 0.25) is 0 Å². The van der Waals surface area contributed by atoms with Gasteiger partial charge in [-0.2, -0.15) is 0 Å². The molecule has 0 atom stereocenters. The minimum absolute atomic E-state index is 0.264. The van der Waals surface area contributed by atoms with E-state index in [1.54, 1.807) is 31.2 Å². The molecule has 0 spiro atoms. The summed E-state index contributed by atoms with van der Waals surface area (Å²) in [6.45, 7) is 1.96. The van der Waals surface area contributed by atoms with E-state index in [1.165, 1.54) is 0 Å². The summed E-state index contributed by atoms with van der Waals surface area (Å²) in [7, 11) is 0. The molecule has 2 N–H and O–H groups in total. The molecule has 0 radical (unpaired) electrons. The Kier molecular flexibility index (Phi) is 4.39. The third-order valence-electron chi connectivity index (χ3n) is 2.09. The molecule has 4 heteroatoms. The van der Waals surface area contributed by atoms with Crippen molar-refractivity contribution in [2.75, 3.05) is 6.61 Å². The molecule has 4 nitrogen and oxygen atoms in total. The Morgan fingerprint density at radius 3 is 2.44 bits per heavy atom. The number of hydrogen-bond acceptors (Lipinski definition) is 4. The molecule has 1 aromatic carbocycles. The van der Waals surface area contributed by atoms with Gasteiger partial charge in [-0.25, -0.2) is 0 Å². The third kappa shape index (κ3) is 3.65. The Morgan fingerprint density at radius 2 is 1.94 bits per heavy atom. The first-order valence-electron chi connectivity index (χ1n) is 4.94. The molecule has 0 aliphatic heterocycles. The Hall–Kier alpha value is -1.97. The third-order valence-corrected chi connectivity index (χ3v) is 2.09. The van der Waals surface area contributed by atoms with Crippen LogP contribution in [0.5, 0.6) is 5.75 Å². The van der Waals surface area contributed by atoms with Crippen LogP contribution in [-0.4, -0.2) is 24.3 Å². The molecule has 0 amide bonds. The van der Waals surface area contributed by atoms with E-state index < -0.39 is 0 Å². The van der Waals surface area contributed by atoms with Gasteiger partial charge in [0.05, 0.1) is 12.3 Å². The summed E-state index contributed by atoms with van der Waals surface area (Å²) >= 11 is 0. The van der Waals surface area contributed by atoms with Crippen LogP contribution in [0.3, 0.4) is 0 Å². The molecule has 84 valence electrons. The van der Waals surface area contributed by atoms with Crippen LogP contribution < -0.4 is 4.74 Å². The number of rotatable bonds is 6. The number of ether oxygens (including phenoxy) is 1. The number of benzene rings is 1. The van der Waals surface area contributed by atoms with Crippen LogP contribution in [0.25, 0.3) is 0 Å². The van der Waals surface area contributed by atoms with Crippen molar-refractivity contribution < 1.29 is 9.53 Å². The first-order valence-corrected chi connectivity index (χ1v) is 4.94. The fraction of sp³-hybridized carbons (Fsp3) is 0.250. The van der Waals surface area contributed by atoms with Gasteiger partial charge in [-0.3, -0.25) is 4.79 Å². The minimum Gasteiger partial charge on any atom is -0.493 e. The predicted octanol–water partition coefficient (Wildman–Crippen LogP) is 2.33. The second kappa shape index (κ2) is 5.80. The number of carbonyl (C=O) groups excluding carboxylic acids is 1. The van der Waals surface area contributed by atoms with Crippen molar-refractivity contribution in [3.63, 3.8) is 0 Å². The molecule has 0 aliphatic carbocycles. The summed E-state index contributed by atoms with van der Waals surface area (Å²) in [4.78, 5) is 10.4.